The van der Waals surface area contributed by atoms with Crippen LogP contribution in [-0.4, -0.2) is 39.5 Å². The van der Waals surface area contributed by atoms with Crippen LogP contribution in [0.5, 0.6) is 11.5 Å². The monoisotopic (exact) mass is 491 g/mol. The first-order chi connectivity index (χ1) is 16.8. The number of rotatable bonds is 7. The van der Waals surface area contributed by atoms with E-state index >= 15 is 0 Å². The molecular weight excluding hydrogens is 470 g/mol. The van der Waals surface area contributed by atoms with Gasteiger partial charge in [-0.05, 0) is 35.9 Å². The van der Waals surface area contributed by atoms with Crippen molar-refractivity contribution in [3.05, 3.63) is 59.5 Å². The van der Waals surface area contributed by atoms with Gasteiger partial charge in [-0.15, -0.1) is 16.4 Å². The fourth-order valence-corrected chi connectivity index (χ4v) is 4.04. The number of fused-ring (bicyclic) bond motifs is 1. The molecule has 0 bridgehead atoms. The second-order valence-electron chi connectivity index (χ2n) is 7.34. The van der Waals surface area contributed by atoms with Crippen molar-refractivity contribution in [2.45, 2.75) is 13.8 Å². The van der Waals surface area contributed by atoms with Gasteiger partial charge in [-0.3, -0.25) is 19.7 Å². The minimum atomic E-state index is -0.455. The van der Waals surface area contributed by atoms with Gasteiger partial charge in [-0.1, -0.05) is 18.2 Å². The van der Waals surface area contributed by atoms with Crippen molar-refractivity contribution in [3.8, 4) is 22.8 Å². The van der Waals surface area contributed by atoms with Gasteiger partial charge < -0.3 is 14.8 Å². The van der Waals surface area contributed by atoms with Crippen LogP contribution in [0.1, 0.15) is 19.4 Å². The molecule has 2 heterocycles. The van der Waals surface area contributed by atoms with E-state index in [-0.39, 0.29) is 11.9 Å². The molecule has 0 aliphatic heterocycles. The fourth-order valence-electron chi connectivity index (χ4n) is 3.21. The molecule has 4 rings (SSSR count). The van der Waals surface area contributed by atoms with Gasteiger partial charge >= 0.3 is 5.97 Å². The van der Waals surface area contributed by atoms with Gasteiger partial charge in [0.2, 0.25) is 10.9 Å². The highest BCUT2D eigenvalue weighted by Crippen LogP contribution is 2.29. The average Bonchev–Trinajstić information content (AvgIpc) is 3.38. The van der Waals surface area contributed by atoms with E-state index in [1.807, 2.05) is 17.5 Å². The number of anilines is 2. The number of ether oxygens (including phenoxy) is 2. The van der Waals surface area contributed by atoms with Crippen molar-refractivity contribution in [1.29, 1.82) is 0 Å². The Morgan fingerprint density at radius 3 is 2.49 bits per heavy atom. The van der Waals surface area contributed by atoms with E-state index in [4.69, 9.17) is 9.47 Å². The Hall–Kier alpha value is -4.51. The summed E-state index contributed by atoms with van der Waals surface area (Å²) in [6.45, 7) is 2.76. The quantitative estimate of drug-likeness (QED) is 0.227. The van der Waals surface area contributed by atoms with Crippen molar-refractivity contribution >= 4 is 51.8 Å². The third-order valence-corrected chi connectivity index (χ3v) is 5.50. The van der Waals surface area contributed by atoms with Crippen LogP contribution in [-0.2, 0) is 14.4 Å². The van der Waals surface area contributed by atoms with Crippen LogP contribution in [0.4, 0.5) is 11.6 Å². The van der Waals surface area contributed by atoms with Gasteiger partial charge in [0.15, 0.2) is 11.5 Å². The molecule has 0 fully saturated rings. The summed E-state index contributed by atoms with van der Waals surface area (Å²) in [5, 5.41) is 11.7. The molecule has 0 saturated heterocycles. The average molecular weight is 492 g/mol. The minimum Gasteiger partial charge on any atom is -0.493 e. The SMILES string of the molecule is COc1cc(/C=C/C(=O)Nc2nc3scc(-c4ccc(NC(C)=O)cc4)n3n2)ccc1OC(C)=O. The standard InChI is InChI=1S/C24H21N5O5S/c1-14(30)25-18-8-6-17(7-9-18)19-13-35-24-27-23(28-29(19)24)26-22(32)11-5-16-4-10-20(34-15(2)31)21(12-16)33-3/h4-13H,1-3H3,(H,25,30)(H,26,28,32)/b11-5+. The first-order valence-electron chi connectivity index (χ1n) is 10.4. The number of esters is 1. The van der Waals surface area contributed by atoms with Crippen LogP contribution in [0.25, 0.3) is 22.3 Å². The Kier molecular flexibility index (Phi) is 6.88. The number of methoxy groups -OCH3 is 1. The van der Waals surface area contributed by atoms with Crippen LogP contribution in [0.15, 0.2) is 53.9 Å². The molecule has 4 aromatic rings. The largest absolute Gasteiger partial charge is 0.493 e. The molecule has 10 nitrogen and oxygen atoms in total. The molecule has 0 spiro atoms. The van der Waals surface area contributed by atoms with Gasteiger partial charge in [-0.25, -0.2) is 4.52 Å². The summed E-state index contributed by atoms with van der Waals surface area (Å²) in [7, 11) is 1.46. The van der Waals surface area contributed by atoms with Crippen LogP contribution in [0.2, 0.25) is 0 Å². The van der Waals surface area contributed by atoms with E-state index in [9.17, 15) is 14.4 Å². The van der Waals surface area contributed by atoms with Crippen LogP contribution < -0.4 is 20.1 Å². The van der Waals surface area contributed by atoms with Crippen molar-refractivity contribution in [1.82, 2.24) is 14.6 Å². The summed E-state index contributed by atoms with van der Waals surface area (Å²) in [5.41, 5.74) is 3.07. The van der Waals surface area contributed by atoms with Gasteiger partial charge in [0, 0.05) is 36.6 Å². The minimum absolute atomic E-state index is 0.139. The number of hydrogen-bond donors (Lipinski definition) is 2. The van der Waals surface area contributed by atoms with Crippen LogP contribution in [0.3, 0.4) is 0 Å². The maximum absolute atomic E-state index is 12.4. The number of nitrogens with zero attached hydrogens (tertiary/aromatic N) is 3. The third kappa shape index (κ3) is 5.71. The summed E-state index contributed by atoms with van der Waals surface area (Å²) in [5.74, 6) is -0.165. The smallest absolute Gasteiger partial charge is 0.308 e. The molecule has 0 unspecified atom stereocenters. The van der Waals surface area contributed by atoms with E-state index in [2.05, 4.69) is 20.7 Å². The van der Waals surface area contributed by atoms with Crippen LogP contribution in [0, 0.1) is 0 Å². The summed E-state index contributed by atoms with van der Waals surface area (Å²) >= 11 is 1.39. The number of carbonyl (C=O) groups is 3. The molecule has 178 valence electrons. The Morgan fingerprint density at radius 1 is 1.03 bits per heavy atom. The van der Waals surface area contributed by atoms with Crippen molar-refractivity contribution in [3.63, 3.8) is 0 Å². The molecule has 35 heavy (non-hydrogen) atoms. The maximum Gasteiger partial charge on any atom is 0.308 e. The van der Waals surface area contributed by atoms with Crippen molar-refractivity contribution < 1.29 is 23.9 Å². The lowest BCUT2D eigenvalue weighted by Crippen LogP contribution is -2.09. The molecule has 2 aromatic heterocycles. The number of nitrogens with one attached hydrogen (secondary N) is 2. The van der Waals surface area contributed by atoms with Crippen LogP contribution >= 0.6 is 11.3 Å². The number of benzene rings is 2. The number of amides is 2. The molecule has 0 atom stereocenters. The second kappa shape index (κ2) is 10.2. The van der Waals surface area contributed by atoms with E-state index in [0.717, 1.165) is 11.3 Å². The molecule has 11 heteroatoms. The summed E-state index contributed by atoms with van der Waals surface area (Å²) in [6, 6.07) is 12.3. The van der Waals surface area contributed by atoms with Crippen molar-refractivity contribution in [2.75, 3.05) is 17.7 Å². The molecule has 0 radical (unpaired) electrons. The summed E-state index contributed by atoms with van der Waals surface area (Å²) in [6.07, 6.45) is 2.94. The number of aromatic nitrogens is 3. The van der Waals surface area contributed by atoms with Gasteiger partial charge in [0.25, 0.3) is 11.9 Å². The molecule has 0 aliphatic rings. The highest BCUT2D eigenvalue weighted by Gasteiger charge is 2.13. The lowest BCUT2D eigenvalue weighted by atomic mass is 10.1. The molecule has 2 amide bonds. The first-order valence-corrected chi connectivity index (χ1v) is 11.3. The highest BCUT2D eigenvalue weighted by atomic mass is 32.1. The van der Waals surface area contributed by atoms with Gasteiger partial charge in [0.05, 0.1) is 12.8 Å². The topological polar surface area (TPSA) is 124 Å². The number of hydrogen-bond acceptors (Lipinski definition) is 8. The number of thiazole rings is 1. The van der Waals surface area contributed by atoms with Crippen molar-refractivity contribution in [2.24, 2.45) is 0 Å². The summed E-state index contributed by atoms with van der Waals surface area (Å²) < 4.78 is 12.0. The summed E-state index contributed by atoms with van der Waals surface area (Å²) in [4.78, 5) is 39.8. The molecule has 2 N–H and O–H groups in total. The Balaban J connectivity index is 1.46. The lowest BCUT2D eigenvalue weighted by molar-refractivity contribution is -0.132. The highest BCUT2D eigenvalue weighted by molar-refractivity contribution is 7.15. The number of carbonyl (C=O) groups excluding carboxylic acids is 3. The maximum atomic E-state index is 12.4. The molecular formula is C24H21N5O5S. The predicted octanol–water partition coefficient (Wildman–Crippen LogP) is 4.00. The van der Waals surface area contributed by atoms with Gasteiger partial charge in [-0.2, -0.15) is 4.98 Å². The zero-order valence-corrected chi connectivity index (χ0v) is 19.9. The Bertz CT molecular complexity index is 1440. The van der Waals surface area contributed by atoms with E-state index < -0.39 is 11.9 Å². The van der Waals surface area contributed by atoms with Gasteiger partial charge in [0.1, 0.15) is 0 Å². The molecule has 0 aliphatic carbocycles. The zero-order chi connectivity index (χ0) is 24.9. The predicted molar refractivity (Wildman–Crippen MR) is 133 cm³/mol. The third-order valence-electron chi connectivity index (χ3n) is 4.69. The second-order valence-corrected chi connectivity index (χ2v) is 8.17. The Morgan fingerprint density at radius 2 is 1.80 bits per heavy atom. The van der Waals surface area contributed by atoms with E-state index in [1.165, 1.54) is 38.4 Å². The first kappa shape index (κ1) is 23.6. The normalized spacial score (nSPS) is 10.9. The molecule has 2 aromatic carbocycles. The molecule has 0 saturated carbocycles. The lowest BCUT2D eigenvalue weighted by Gasteiger charge is -2.08. The fraction of sp³-hybridized carbons (Fsp3) is 0.125. The van der Waals surface area contributed by atoms with E-state index in [0.29, 0.717) is 27.7 Å². The zero-order valence-electron chi connectivity index (χ0n) is 19.1. The van der Waals surface area contributed by atoms with E-state index in [1.54, 1.807) is 40.9 Å². The Labute approximate surface area is 204 Å².